The number of rotatable bonds is 2. The molecular weight excluding hydrogens is 256 g/mol. The lowest BCUT2D eigenvalue weighted by Crippen LogP contribution is -1.99. The number of carboxylic acid groups (broad SMARTS) is 1. The average molecular weight is 268 g/mol. The summed E-state index contributed by atoms with van der Waals surface area (Å²) >= 11 is 0. The second-order valence-corrected chi connectivity index (χ2v) is 4.49. The van der Waals surface area contributed by atoms with Gasteiger partial charge in [0.15, 0.2) is 0 Å². The van der Waals surface area contributed by atoms with E-state index in [1.807, 2.05) is 6.07 Å². The van der Waals surface area contributed by atoms with Gasteiger partial charge in [-0.25, -0.2) is 14.8 Å². The molecule has 1 N–H and O–H groups in total. The second kappa shape index (κ2) is 4.41. The van der Waals surface area contributed by atoms with Crippen molar-refractivity contribution < 1.29 is 9.90 Å². The van der Waals surface area contributed by atoms with E-state index >= 15 is 0 Å². The quantitative estimate of drug-likeness (QED) is 0.769. The summed E-state index contributed by atoms with van der Waals surface area (Å²) < 4.78 is 1.69. The van der Waals surface area contributed by atoms with Crippen molar-refractivity contribution in [3.63, 3.8) is 0 Å². The molecule has 3 aromatic rings. The van der Waals surface area contributed by atoms with E-state index < -0.39 is 5.97 Å². The zero-order valence-corrected chi connectivity index (χ0v) is 11.0. The largest absolute Gasteiger partial charge is 0.478 e. The van der Waals surface area contributed by atoms with E-state index in [0.29, 0.717) is 28.2 Å². The molecule has 0 radical (unpaired) electrons. The minimum Gasteiger partial charge on any atom is -0.478 e. The number of fused-ring (bicyclic) bond motifs is 1. The van der Waals surface area contributed by atoms with Gasteiger partial charge in [0, 0.05) is 19.4 Å². The second-order valence-electron chi connectivity index (χ2n) is 4.49. The molecule has 0 unspecified atom stereocenters. The van der Waals surface area contributed by atoms with Gasteiger partial charge in [0.1, 0.15) is 17.2 Å². The van der Waals surface area contributed by atoms with Crippen LogP contribution in [0.4, 0.5) is 0 Å². The van der Waals surface area contributed by atoms with Crippen LogP contribution in [0, 0.1) is 6.92 Å². The molecule has 0 aromatic carbocycles. The topological polar surface area (TPSA) is 80.9 Å². The van der Waals surface area contributed by atoms with E-state index in [9.17, 15) is 9.90 Å². The number of aryl methyl sites for hydroxylation is 2. The van der Waals surface area contributed by atoms with E-state index in [-0.39, 0.29) is 5.56 Å². The highest BCUT2D eigenvalue weighted by molar-refractivity contribution is 6.07. The Kier molecular flexibility index (Phi) is 2.71. The van der Waals surface area contributed by atoms with Crippen LogP contribution in [0.1, 0.15) is 16.2 Å². The normalized spacial score (nSPS) is 10.9. The van der Waals surface area contributed by atoms with Gasteiger partial charge >= 0.3 is 5.97 Å². The minimum atomic E-state index is -1.000. The van der Waals surface area contributed by atoms with E-state index in [1.54, 1.807) is 43.1 Å². The minimum absolute atomic E-state index is 0.183. The summed E-state index contributed by atoms with van der Waals surface area (Å²) in [6.07, 6.45) is 3.20. The van der Waals surface area contributed by atoms with Gasteiger partial charge in [0.25, 0.3) is 0 Å². The third-order valence-electron chi connectivity index (χ3n) is 3.07. The molecule has 0 spiro atoms. The molecular formula is C14H12N4O2. The van der Waals surface area contributed by atoms with Gasteiger partial charge in [0.05, 0.1) is 16.6 Å². The van der Waals surface area contributed by atoms with Crippen molar-refractivity contribution in [2.45, 2.75) is 6.92 Å². The fraction of sp³-hybridized carbons (Fsp3) is 0.143. The van der Waals surface area contributed by atoms with Crippen LogP contribution >= 0.6 is 0 Å². The molecule has 0 amide bonds. The van der Waals surface area contributed by atoms with Crippen LogP contribution in [0.5, 0.6) is 0 Å². The first-order valence-corrected chi connectivity index (χ1v) is 6.06. The fourth-order valence-electron chi connectivity index (χ4n) is 2.23. The first-order chi connectivity index (χ1) is 9.58. The van der Waals surface area contributed by atoms with Crippen LogP contribution < -0.4 is 0 Å². The van der Waals surface area contributed by atoms with E-state index in [1.165, 1.54) is 0 Å². The molecule has 0 fully saturated rings. The summed E-state index contributed by atoms with van der Waals surface area (Å²) in [5.74, 6) is -0.420. The van der Waals surface area contributed by atoms with Crippen LogP contribution in [0.3, 0.4) is 0 Å². The SMILES string of the molecule is Cc1nc(-c2ccccn2)c2c(C(=O)O)cn(C)c2n1. The average Bonchev–Trinajstić information content (AvgIpc) is 2.77. The van der Waals surface area contributed by atoms with Crippen molar-refractivity contribution in [2.75, 3.05) is 0 Å². The Balaban J connectivity index is 2.44. The molecule has 3 aromatic heterocycles. The maximum Gasteiger partial charge on any atom is 0.338 e. The Hall–Kier alpha value is -2.76. The molecule has 0 saturated heterocycles. The molecule has 0 aliphatic rings. The lowest BCUT2D eigenvalue weighted by molar-refractivity contribution is 0.0699. The Morgan fingerprint density at radius 1 is 1.30 bits per heavy atom. The van der Waals surface area contributed by atoms with Crippen molar-refractivity contribution in [3.8, 4) is 11.4 Å². The molecule has 20 heavy (non-hydrogen) atoms. The molecule has 0 atom stereocenters. The van der Waals surface area contributed by atoms with Gasteiger partial charge in [-0.3, -0.25) is 4.98 Å². The van der Waals surface area contributed by atoms with Crippen molar-refractivity contribution in [1.82, 2.24) is 19.5 Å². The molecule has 0 bridgehead atoms. The van der Waals surface area contributed by atoms with Crippen molar-refractivity contribution >= 4 is 17.0 Å². The molecule has 3 rings (SSSR count). The molecule has 0 aliphatic carbocycles. The monoisotopic (exact) mass is 268 g/mol. The van der Waals surface area contributed by atoms with E-state index in [4.69, 9.17) is 0 Å². The third-order valence-corrected chi connectivity index (χ3v) is 3.07. The standard InChI is InChI=1S/C14H12N4O2/c1-8-16-12(10-5-3-4-6-15-10)11-9(14(19)20)7-18(2)13(11)17-8/h3-7H,1-2H3,(H,19,20). The zero-order chi connectivity index (χ0) is 14.3. The van der Waals surface area contributed by atoms with Crippen LogP contribution in [-0.4, -0.2) is 30.6 Å². The number of hydrogen-bond acceptors (Lipinski definition) is 4. The molecule has 6 heteroatoms. The van der Waals surface area contributed by atoms with Crippen molar-refractivity contribution in [2.24, 2.45) is 7.05 Å². The molecule has 6 nitrogen and oxygen atoms in total. The summed E-state index contributed by atoms with van der Waals surface area (Å²) in [4.78, 5) is 24.4. The number of aromatic nitrogens is 4. The molecule has 3 heterocycles. The smallest absolute Gasteiger partial charge is 0.338 e. The van der Waals surface area contributed by atoms with Gasteiger partial charge in [-0.15, -0.1) is 0 Å². The number of aromatic carboxylic acids is 1. The maximum atomic E-state index is 11.4. The summed E-state index contributed by atoms with van der Waals surface area (Å²) in [6.45, 7) is 1.78. The highest BCUT2D eigenvalue weighted by Gasteiger charge is 2.20. The highest BCUT2D eigenvalue weighted by atomic mass is 16.4. The predicted molar refractivity (Wildman–Crippen MR) is 73.4 cm³/mol. The van der Waals surface area contributed by atoms with Gasteiger partial charge in [0.2, 0.25) is 0 Å². The van der Waals surface area contributed by atoms with Gasteiger partial charge in [-0.1, -0.05) is 6.07 Å². The summed E-state index contributed by atoms with van der Waals surface area (Å²) in [6, 6.07) is 5.45. The summed E-state index contributed by atoms with van der Waals surface area (Å²) in [7, 11) is 1.77. The summed E-state index contributed by atoms with van der Waals surface area (Å²) in [5.41, 5.74) is 1.96. The number of hydrogen-bond donors (Lipinski definition) is 1. The van der Waals surface area contributed by atoms with Crippen LogP contribution in [0.2, 0.25) is 0 Å². The van der Waals surface area contributed by atoms with Crippen molar-refractivity contribution in [3.05, 3.63) is 42.0 Å². The van der Waals surface area contributed by atoms with Gasteiger partial charge in [-0.05, 0) is 19.1 Å². The maximum absolute atomic E-state index is 11.4. The van der Waals surface area contributed by atoms with Crippen LogP contribution in [0.15, 0.2) is 30.6 Å². The Bertz CT molecular complexity index is 809. The molecule has 0 saturated carbocycles. The number of pyridine rings is 1. The van der Waals surface area contributed by atoms with Crippen molar-refractivity contribution in [1.29, 1.82) is 0 Å². The lowest BCUT2D eigenvalue weighted by Gasteiger charge is -2.05. The van der Waals surface area contributed by atoms with Gasteiger partial charge in [-0.2, -0.15) is 0 Å². The summed E-state index contributed by atoms with van der Waals surface area (Å²) in [5, 5.41) is 9.87. The Morgan fingerprint density at radius 3 is 2.75 bits per heavy atom. The number of carboxylic acids is 1. The zero-order valence-electron chi connectivity index (χ0n) is 11.0. The van der Waals surface area contributed by atoms with E-state index in [0.717, 1.165) is 0 Å². The third kappa shape index (κ3) is 1.82. The number of nitrogens with zero attached hydrogens (tertiary/aromatic N) is 4. The first-order valence-electron chi connectivity index (χ1n) is 6.06. The van der Waals surface area contributed by atoms with Gasteiger partial charge < -0.3 is 9.67 Å². The van der Waals surface area contributed by atoms with E-state index in [2.05, 4.69) is 15.0 Å². The predicted octanol–water partition coefficient (Wildman–Crippen LogP) is 2.04. The Labute approximate surface area is 114 Å². The first kappa shape index (κ1) is 12.3. The van der Waals surface area contributed by atoms with Crippen LogP contribution in [0.25, 0.3) is 22.4 Å². The fourth-order valence-corrected chi connectivity index (χ4v) is 2.23. The van der Waals surface area contributed by atoms with Crippen LogP contribution in [-0.2, 0) is 7.05 Å². The highest BCUT2D eigenvalue weighted by Crippen LogP contribution is 2.28. The molecule has 0 aliphatic heterocycles. The molecule has 100 valence electrons. The lowest BCUT2D eigenvalue weighted by atomic mass is 10.1. The Morgan fingerprint density at radius 2 is 2.10 bits per heavy atom. The number of carbonyl (C=O) groups is 1.